The molecule has 0 aliphatic carbocycles. The van der Waals surface area contributed by atoms with E-state index in [4.69, 9.17) is 9.47 Å². The molecule has 184 valence electrons. The molecule has 0 radical (unpaired) electrons. The third kappa shape index (κ3) is 6.94. The molecule has 0 aliphatic rings. The van der Waals surface area contributed by atoms with Crippen LogP contribution in [0.2, 0.25) is 0 Å². The third-order valence-corrected chi connectivity index (χ3v) is 6.63. The lowest BCUT2D eigenvalue weighted by molar-refractivity contribution is 0.102. The Bertz CT molecular complexity index is 1380. The smallest absolute Gasteiger partial charge is 0.259 e. The lowest BCUT2D eigenvalue weighted by Crippen LogP contribution is -2.23. The molecule has 0 aliphatic heterocycles. The number of carbonyl (C=O) groups excluding carboxylic acids is 1. The minimum atomic E-state index is -3.69. The Balaban J connectivity index is 1.33. The van der Waals surface area contributed by atoms with Crippen molar-refractivity contribution in [3.8, 4) is 11.5 Å². The average molecular weight is 503 g/mol. The molecule has 0 unspecified atom stereocenters. The van der Waals surface area contributed by atoms with Gasteiger partial charge in [0.15, 0.2) is 0 Å². The number of amides is 1. The number of rotatable bonds is 11. The van der Waals surface area contributed by atoms with Gasteiger partial charge in [-0.3, -0.25) is 4.79 Å². The highest BCUT2D eigenvalue weighted by Gasteiger charge is 2.16. The Morgan fingerprint density at radius 2 is 1.31 bits per heavy atom. The van der Waals surface area contributed by atoms with E-state index in [1.165, 1.54) is 12.1 Å². The molecule has 1 amide bonds. The van der Waals surface area contributed by atoms with Crippen LogP contribution >= 0.6 is 0 Å². The number of sulfonamides is 1. The standard InChI is InChI=1S/C28H26N2O5S/c31-28(26-13-7-8-14-27(26)35-20-19-34-24-11-5-2-6-12-24)30-23-15-17-25(18-16-23)36(32,33)29-21-22-9-3-1-4-10-22/h1-18,29H,19-21H2,(H,30,31). The lowest BCUT2D eigenvalue weighted by Gasteiger charge is -2.13. The zero-order valence-electron chi connectivity index (χ0n) is 19.5. The summed E-state index contributed by atoms with van der Waals surface area (Å²) in [6, 6.07) is 31.6. The number of benzene rings is 4. The van der Waals surface area contributed by atoms with Crippen LogP contribution in [0.25, 0.3) is 0 Å². The number of hydrogen-bond acceptors (Lipinski definition) is 5. The van der Waals surface area contributed by atoms with Crippen LogP contribution in [0.3, 0.4) is 0 Å². The number of carbonyl (C=O) groups is 1. The van der Waals surface area contributed by atoms with Crippen LogP contribution in [0.15, 0.2) is 114 Å². The number of hydrogen-bond donors (Lipinski definition) is 2. The van der Waals surface area contributed by atoms with Crippen molar-refractivity contribution in [1.29, 1.82) is 0 Å². The fourth-order valence-corrected chi connectivity index (χ4v) is 4.40. The first-order valence-corrected chi connectivity index (χ1v) is 12.8. The summed E-state index contributed by atoms with van der Waals surface area (Å²) in [7, 11) is -3.69. The normalized spacial score (nSPS) is 11.0. The Morgan fingerprint density at radius 3 is 2.03 bits per heavy atom. The predicted molar refractivity (Wildman–Crippen MR) is 139 cm³/mol. The highest BCUT2D eigenvalue weighted by molar-refractivity contribution is 7.89. The van der Waals surface area contributed by atoms with E-state index in [0.29, 0.717) is 23.6 Å². The highest BCUT2D eigenvalue weighted by atomic mass is 32.2. The molecule has 0 heterocycles. The maximum atomic E-state index is 12.9. The first-order chi connectivity index (χ1) is 17.5. The maximum Gasteiger partial charge on any atom is 0.259 e. The minimum absolute atomic E-state index is 0.110. The van der Waals surface area contributed by atoms with E-state index >= 15 is 0 Å². The van der Waals surface area contributed by atoms with Crippen LogP contribution < -0.4 is 19.5 Å². The highest BCUT2D eigenvalue weighted by Crippen LogP contribution is 2.21. The van der Waals surface area contributed by atoms with Gasteiger partial charge < -0.3 is 14.8 Å². The Hall–Kier alpha value is -4.14. The van der Waals surface area contributed by atoms with Crippen molar-refractivity contribution < 1.29 is 22.7 Å². The van der Waals surface area contributed by atoms with Crippen LogP contribution in [-0.2, 0) is 16.6 Å². The summed E-state index contributed by atoms with van der Waals surface area (Å²) in [5, 5.41) is 2.79. The van der Waals surface area contributed by atoms with E-state index in [9.17, 15) is 13.2 Å². The molecule has 0 saturated heterocycles. The van der Waals surface area contributed by atoms with Crippen LogP contribution in [0.5, 0.6) is 11.5 Å². The first-order valence-electron chi connectivity index (χ1n) is 11.4. The van der Waals surface area contributed by atoms with Crippen molar-refractivity contribution in [2.45, 2.75) is 11.4 Å². The van der Waals surface area contributed by atoms with Gasteiger partial charge in [0, 0.05) is 12.2 Å². The fourth-order valence-electron chi connectivity index (χ4n) is 3.38. The molecule has 4 rings (SSSR count). The summed E-state index contributed by atoms with van der Waals surface area (Å²) in [4.78, 5) is 13.0. The molecular formula is C28H26N2O5S. The molecule has 7 nitrogen and oxygen atoms in total. The van der Waals surface area contributed by atoms with E-state index in [-0.39, 0.29) is 24.0 Å². The molecule has 36 heavy (non-hydrogen) atoms. The Labute approximate surface area is 210 Å². The van der Waals surface area contributed by atoms with E-state index in [1.807, 2.05) is 60.7 Å². The van der Waals surface area contributed by atoms with Gasteiger partial charge in [-0.05, 0) is 54.1 Å². The van der Waals surface area contributed by atoms with E-state index in [0.717, 1.165) is 11.3 Å². The van der Waals surface area contributed by atoms with Gasteiger partial charge in [-0.2, -0.15) is 0 Å². The molecule has 0 aromatic heterocycles. The van der Waals surface area contributed by atoms with Crippen LogP contribution in [0.1, 0.15) is 15.9 Å². The number of anilines is 1. The zero-order valence-corrected chi connectivity index (χ0v) is 20.3. The second-order valence-corrected chi connectivity index (χ2v) is 9.56. The van der Waals surface area contributed by atoms with Crippen molar-refractivity contribution in [3.63, 3.8) is 0 Å². The molecule has 0 spiro atoms. The summed E-state index contributed by atoms with van der Waals surface area (Å²) in [5.41, 5.74) is 1.68. The second-order valence-electron chi connectivity index (χ2n) is 7.79. The van der Waals surface area contributed by atoms with Gasteiger partial charge >= 0.3 is 0 Å². The minimum Gasteiger partial charge on any atom is -0.490 e. The molecular weight excluding hydrogens is 476 g/mol. The third-order valence-electron chi connectivity index (χ3n) is 5.22. The summed E-state index contributed by atoms with van der Waals surface area (Å²) >= 11 is 0. The summed E-state index contributed by atoms with van der Waals surface area (Å²) < 4.78 is 39.2. The summed E-state index contributed by atoms with van der Waals surface area (Å²) in [5.74, 6) is 0.802. The van der Waals surface area contributed by atoms with Gasteiger partial charge in [-0.25, -0.2) is 13.1 Å². The quantitative estimate of drug-likeness (QED) is 0.285. The van der Waals surface area contributed by atoms with Gasteiger partial charge in [0.05, 0.1) is 10.5 Å². The molecule has 0 atom stereocenters. The molecule has 4 aromatic carbocycles. The number of para-hydroxylation sites is 2. The molecule has 0 bridgehead atoms. The topological polar surface area (TPSA) is 93.7 Å². The molecule has 2 N–H and O–H groups in total. The van der Waals surface area contributed by atoms with Crippen molar-refractivity contribution in [2.24, 2.45) is 0 Å². The van der Waals surface area contributed by atoms with Gasteiger partial charge in [0.1, 0.15) is 24.7 Å². The first kappa shape index (κ1) is 25.0. The van der Waals surface area contributed by atoms with Gasteiger partial charge in [0.25, 0.3) is 5.91 Å². The maximum absolute atomic E-state index is 12.9. The predicted octanol–water partition coefficient (Wildman–Crippen LogP) is 4.88. The van der Waals surface area contributed by atoms with Crippen molar-refractivity contribution >= 4 is 21.6 Å². The van der Waals surface area contributed by atoms with Gasteiger partial charge in [-0.15, -0.1) is 0 Å². The average Bonchev–Trinajstić information content (AvgIpc) is 2.92. The summed E-state index contributed by atoms with van der Waals surface area (Å²) in [6.07, 6.45) is 0. The van der Waals surface area contributed by atoms with Crippen LogP contribution in [0, 0.1) is 0 Å². The second kappa shape index (κ2) is 12.0. The lowest BCUT2D eigenvalue weighted by atomic mass is 10.2. The van der Waals surface area contributed by atoms with Crippen molar-refractivity contribution in [3.05, 3.63) is 120 Å². The van der Waals surface area contributed by atoms with E-state index in [1.54, 1.807) is 36.4 Å². The van der Waals surface area contributed by atoms with E-state index < -0.39 is 10.0 Å². The Kier molecular flexibility index (Phi) is 8.33. The number of nitrogens with one attached hydrogen (secondary N) is 2. The van der Waals surface area contributed by atoms with Crippen LogP contribution in [-0.4, -0.2) is 27.5 Å². The molecule has 4 aromatic rings. The monoisotopic (exact) mass is 502 g/mol. The molecule has 8 heteroatoms. The Morgan fingerprint density at radius 1 is 0.694 bits per heavy atom. The van der Waals surface area contributed by atoms with E-state index in [2.05, 4.69) is 10.0 Å². The van der Waals surface area contributed by atoms with Crippen molar-refractivity contribution in [2.75, 3.05) is 18.5 Å². The van der Waals surface area contributed by atoms with Gasteiger partial charge in [0.2, 0.25) is 10.0 Å². The van der Waals surface area contributed by atoms with Crippen LogP contribution in [0.4, 0.5) is 5.69 Å². The molecule has 0 saturated carbocycles. The summed E-state index contributed by atoms with van der Waals surface area (Å²) in [6.45, 7) is 0.783. The SMILES string of the molecule is O=C(Nc1ccc(S(=O)(=O)NCc2ccccc2)cc1)c1ccccc1OCCOc1ccccc1. The molecule has 0 fully saturated rings. The van der Waals surface area contributed by atoms with Crippen molar-refractivity contribution in [1.82, 2.24) is 4.72 Å². The number of ether oxygens (including phenoxy) is 2. The fraction of sp³-hybridized carbons (Fsp3) is 0.107. The van der Waals surface area contributed by atoms with Gasteiger partial charge in [-0.1, -0.05) is 60.7 Å². The zero-order chi connectivity index (χ0) is 25.2. The largest absolute Gasteiger partial charge is 0.490 e.